The summed E-state index contributed by atoms with van der Waals surface area (Å²) in [4.78, 5) is 46.9. The molecular weight excluding hydrogens is 1180 g/mol. The number of benzene rings is 12. The molecule has 0 fully saturated rings. The molecule has 0 unspecified atom stereocenters. The van der Waals surface area contributed by atoms with E-state index in [2.05, 4.69) is 112 Å². The minimum atomic E-state index is 0.351. The van der Waals surface area contributed by atoms with E-state index in [0.717, 1.165) is 105 Å². The second-order valence-electron chi connectivity index (χ2n) is 23.2. The Morgan fingerprint density at radius 1 is 0.208 bits per heavy atom. The second-order valence-corrected chi connectivity index (χ2v) is 23.2. The summed E-state index contributed by atoms with van der Waals surface area (Å²) in [5.41, 5.74) is 15.3. The third-order valence-corrected chi connectivity index (χ3v) is 17.4. The van der Waals surface area contributed by atoms with Crippen LogP contribution in [0, 0.1) is 22.7 Å². The predicted octanol–water partition coefficient (Wildman–Crippen LogP) is 18.8. The molecule has 0 aliphatic rings. The molecule has 13 nitrogen and oxygen atoms in total. The van der Waals surface area contributed by atoms with Crippen LogP contribution in [-0.4, -0.2) is 54.0 Å². The van der Waals surface area contributed by atoms with Crippen molar-refractivity contribution < 1.29 is 0 Å². The van der Waals surface area contributed by atoms with Gasteiger partial charge < -0.3 is 9.13 Å². The Kier molecular flexibility index (Phi) is 13.9. The molecule has 17 rings (SSSR count). The molecule has 96 heavy (non-hydrogen) atoms. The van der Waals surface area contributed by atoms with Gasteiger partial charge in [0.05, 0.1) is 56.7 Å². The van der Waals surface area contributed by atoms with Crippen LogP contribution < -0.4 is 0 Å². The number of nitriles is 2. The Morgan fingerprint density at radius 3 is 0.896 bits per heavy atom. The fraction of sp³-hybridized carbons (Fsp3) is 0. The van der Waals surface area contributed by atoms with Crippen molar-refractivity contribution in [3.8, 4) is 137 Å². The van der Waals surface area contributed by atoms with Crippen LogP contribution in [0.1, 0.15) is 11.1 Å². The molecule has 0 saturated heterocycles. The number of hydrogen-bond acceptors (Lipinski definition) is 11. The minimum Gasteiger partial charge on any atom is -0.309 e. The highest BCUT2D eigenvalue weighted by atomic mass is 15.1. The summed E-state index contributed by atoms with van der Waals surface area (Å²) < 4.78 is 4.49. The van der Waals surface area contributed by atoms with Crippen molar-refractivity contribution in [2.75, 3.05) is 0 Å². The molecule has 0 N–H and O–H groups in total. The Hall–Kier alpha value is -13.8. The van der Waals surface area contributed by atoms with Crippen molar-refractivity contribution in [1.82, 2.24) is 54.0 Å². The summed E-state index contributed by atoms with van der Waals surface area (Å²) in [5.74, 6) is 4.54. The number of hydrogen-bond donors (Lipinski definition) is 0. The maximum atomic E-state index is 10.8. The molecule has 0 radical (unpaired) electrons. The van der Waals surface area contributed by atoms with Crippen molar-refractivity contribution in [2.45, 2.75) is 0 Å². The van der Waals surface area contributed by atoms with Crippen LogP contribution in [0.5, 0.6) is 0 Å². The normalized spacial score (nSPS) is 11.3. The van der Waals surface area contributed by atoms with Gasteiger partial charge in [0, 0.05) is 71.6 Å². The average molecular weight is 1230 g/mol. The van der Waals surface area contributed by atoms with E-state index in [-0.39, 0.29) is 0 Å². The quantitative estimate of drug-likeness (QED) is 0.114. The lowest BCUT2D eigenvalue weighted by atomic mass is 9.99. The molecule has 0 spiro atoms. The highest BCUT2D eigenvalue weighted by molar-refractivity contribution is 6.12. The SMILES string of the molecule is N#Cc1ccc(-c2ccc(-n3c4ccccc4c4cc(-c5nc(-c6ccccc6)nc(-c6ccccc6)n5)ccc43)c(-c3nc(-c4ccccc4)nc(-c4cc(C#N)ccc4-n4c5ccccc5c5cc(-c6nc(-c7ccccc7)nc(-c7ccccc7)n6)ccc54)n3)c2)cc1. The van der Waals surface area contributed by atoms with Gasteiger partial charge in [-0.25, -0.2) is 44.9 Å². The largest absolute Gasteiger partial charge is 0.309 e. The Bertz CT molecular complexity index is 5850. The van der Waals surface area contributed by atoms with Crippen molar-refractivity contribution in [3.63, 3.8) is 0 Å². The Labute approximate surface area is 550 Å². The molecule has 0 bridgehead atoms. The number of para-hydroxylation sites is 2. The van der Waals surface area contributed by atoms with Crippen molar-refractivity contribution in [2.24, 2.45) is 0 Å². The predicted molar refractivity (Wildman–Crippen MR) is 379 cm³/mol. The third kappa shape index (κ3) is 10.2. The first-order chi connectivity index (χ1) is 47.5. The molecule has 0 saturated carbocycles. The van der Waals surface area contributed by atoms with E-state index in [4.69, 9.17) is 44.9 Å². The van der Waals surface area contributed by atoms with Crippen molar-refractivity contribution in [3.05, 3.63) is 308 Å². The van der Waals surface area contributed by atoms with Gasteiger partial charge in [-0.15, -0.1) is 0 Å². The van der Waals surface area contributed by atoms with Crippen LogP contribution in [0.25, 0.3) is 169 Å². The zero-order valence-electron chi connectivity index (χ0n) is 51.1. The van der Waals surface area contributed by atoms with Gasteiger partial charge in [0.15, 0.2) is 52.4 Å². The zero-order valence-corrected chi connectivity index (χ0v) is 51.1. The summed E-state index contributed by atoms with van der Waals surface area (Å²) in [5, 5.41) is 24.6. The van der Waals surface area contributed by atoms with E-state index >= 15 is 0 Å². The minimum absolute atomic E-state index is 0.351. The summed E-state index contributed by atoms with van der Waals surface area (Å²) in [6.07, 6.45) is 0. The molecule has 17 aromatic rings. The topological polar surface area (TPSA) is 173 Å². The average Bonchev–Trinajstić information content (AvgIpc) is 1.56. The van der Waals surface area contributed by atoms with E-state index in [9.17, 15) is 10.5 Å². The van der Waals surface area contributed by atoms with Crippen molar-refractivity contribution >= 4 is 43.6 Å². The van der Waals surface area contributed by atoms with Crippen LogP contribution in [0.3, 0.4) is 0 Å². The standard InChI is InChI=1S/C83H49N13/c84-50-52-34-37-54(38-35-52)60-39-43-74(96-70-33-19-17-31-64(70)66-49-62(41-45-72(66)96)81-90-77(57-24-10-3-11-25-57)87-78(91-81)58-26-12-4-13-27-58)68(47-60)83-93-79(59-28-14-5-15-29-59)92-82(94-83)67-46-53(51-85)36-42-73(67)95-69-32-18-16-30-63(69)65-48-61(40-44-71(65)95)80-88-75(55-20-6-1-7-21-55)86-76(89-80)56-22-8-2-9-23-56/h1-49H. The lowest BCUT2D eigenvalue weighted by Crippen LogP contribution is -2.06. The number of aromatic nitrogens is 11. The van der Waals surface area contributed by atoms with E-state index < -0.39 is 0 Å². The van der Waals surface area contributed by atoms with E-state index in [1.54, 1.807) is 0 Å². The highest BCUT2D eigenvalue weighted by Gasteiger charge is 2.25. The molecule has 0 atom stereocenters. The number of rotatable bonds is 12. The van der Waals surface area contributed by atoms with Crippen LogP contribution >= 0.6 is 0 Å². The fourth-order valence-electron chi connectivity index (χ4n) is 12.8. The highest BCUT2D eigenvalue weighted by Crippen LogP contribution is 2.43. The van der Waals surface area contributed by atoms with E-state index in [1.165, 1.54) is 0 Å². The van der Waals surface area contributed by atoms with Gasteiger partial charge in [0.2, 0.25) is 0 Å². The third-order valence-electron chi connectivity index (χ3n) is 17.4. The molecule has 0 aliphatic heterocycles. The number of fused-ring (bicyclic) bond motifs is 6. The summed E-state index contributed by atoms with van der Waals surface area (Å²) in [6, 6.07) is 104. The summed E-state index contributed by atoms with van der Waals surface area (Å²) >= 11 is 0. The van der Waals surface area contributed by atoms with Gasteiger partial charge in [-0.1, -0.05) is 206 Å². The molecule has 0 amide bonds. The molecule has 13 heteroatoms. The van der Waals surface area contributed by atoms with Crippen LogP contribution in [0.2, 0.25) is 0 Å². The molecule has 12 aromatic carbocycles. The lowest BCUT2D eigenvalue weighted by molar-refractivity contribution is 1.06. The van der Waals surface area contributed by atoms with Crippen LogP contribution in [-0.2, 0) is 0 Å². The van der Waals surface area contributed by atoms with Crippen LogP contribution in [0.15, 0.2) is 297 Å². The first kappa shape index (κ1) is 56.2. The van der Waals surface area contributed by atoms with Gasteiger partial charge in [-0.3, -0.25) is 0 Å². The molecule has 0 aliphatic carbocycles. The lowest BCUT2D eigenvalue weighted by Gasteiger charge is -2.18. The van der Waals surface area contributed by atoms with E-state index in [1.807, 2.05) is 206 Å². The monoisotopic (exact) mass is 1230 g/mol. The number of nitrogens with zero attached hydrogens (tertiary/aromatic N) is 13. The van der Waals surface area contributed by atoms with E-state index in [0.29, 0.717) is 74.7 Å². The molecule has 5 heterocycles. The fourth-order valence-corrected chi connectivity index (χ4v) is 12.8. The first-order valence-corrected chi connectivity index (χ1v) is 31.3. The van der Waals surface area contributed by atoms with Gasteiger partial charge >= 0.3 is 0 Å². The van der Waals surface area contributed by atoms with Gasteiger partial charge in [-0.05, 0) is 102 Å². The first-order valence-electron chi connectivity index (χ1n) is 31.3. The summed E-state index contributed by atoms with van der Waals surface area (Å²) in [6.45, 7) is 0. The van der Waals surface area contributed by atoms with Crippen LogP contribution in [0.4, 0.5) is 0 Å². The second kappa shape index (κ2) is 23.8. The Morgan fingerprint density at radius 2 is 0.500 bits per heavy atom. The maximum absolute atomic E-state index is 10.8. The van der Waals surface area contributed by atoms with Gasteiger partial charge in [0.25, 0.3) is 0 Å². The molecule has 5 aromatic heterocycles. The van der Waals surface area contributed by atoms with Gasteiger partial charge in [0.1, 0.15) is 0 Å². The molecule has 446 valence electrons. The summed E-state index contributed by atoms with van der Waals surface area (Å²) in [7, 11) is 0. The zero-order chi connectivity index (χ0) is 64.1. The van der Waals surface area contributed by atoms with Gasteiger partial charge in [-0.2, -0.15) is 10.5 Å². The molecular formula is C83H49N13. The maximum Gasteiger partial charge on any atom is 0.166 e. The smallest absolute Gasteiger partial charge is 0.166 e. The Balaban J connectivity index is 0.868. The van der Waals surface area contributed by atoms with Crippen molar-refractivity contribution in [1.29, 1.82) is 10.5 Å².